The lowest BCUT2D eigenvalue weighted by Crippen LogP contribution is -2.21. The lowest BCUT2D eigenvalue weighted by atomic mass is 10.2. The van der Waals surface area contributed by atoms with Crippen LogP contribution in [0.1, 0.15) is 51.4 Å². The molecule has 0 aliphatic carbocycles. The number of unbranched alkanes of at least 4 members (excludes halogenated alkanes) is 3. The summed E-state index contributed by atoms with van der Waals surface area (Å²) >= 11 is 2.63. The van der Waals surface area contributed by atoms with Crippen LogP contribution in [0.25, 0.3) is 0 Å². The number of imide groups is 2. The Bertz CT molecular complexity index is 396. The highest BCUT2D eigenvalue weighted by Gasteiger charge is 2.30. The third-order valence-corrected chi connectivity index (χ3v) is 5.76. The van der Waals surface area contributed by atoms with Gasteiger partial charge in [-0.2, -0.15) is 0 Å². The molecule has 0 bridgehead atoms. The molecule has 2 aliphatic rings. The van der Waals surface area contributed by atoms with E-state index in [1.807, 2.05) is 0 Å². The summed E-state index contributed by atoms with van der Waals surface area (Å²) in [6.45, 7) is 0. The molecule has 0 aromatic heterocycles. The van der Waals surface area contributed by atoms with Crippen molar-refractivity contribution in [1.82, 2.24) is 8.61 Å². The van der Waals surface area contributed by atoms with E-state index in [1.165, 1.54) is 32.5 Å². The van der Waals surface area contributed by atoms with Crippen molar-refractivity contribution < 1.29 is 19.2 Å². The van der Waals surface area contributed by atoms with Crippen molar-refractivity contribution in [3.8, 4) is 0 Å². The van der Waals surface area contributed by atoms with E-state index in [-0.39, 0.29) is 23.6 Å². The van der Waals surface area contributed by atoms with Crippen LogP contribution in [0.5, 0.6) is 0 Å². The van der Waals surface area contributed by atoms with Gasteiger partial charge in [0, 0.05) is 37.2 Å². The normalized spacial score (nSPS) is 18.9. The minimum absolute atomic E-state index is 0.0775. The molecule has 2 heterocycles. The zero-order valence-corrected chi connectivity index (χ0v) is 14.0. The molecule has 0 aromatic carbocycles. The summed E-state index contributed by atoms with van der Waals surface area (Å²) in [6.07, 6.45) is 5.32. The summed E-state index contributed by atoms with van der Waals surface area (Å²) < 4.78 is 2.58. The van der Waals surface area contributed by atoms with Crippen LogP contribution in [0.15, 0.2) is 0 Å². The Morgan fingerprint density at radius 2 is 0.909 bits per heavy atom. The van der Waals surface area contributed by atoms with E-state index in [0.717, 1.165) is 37.2 Å². The molecule has 0 atom stereocenters. The molecule has 22 heavy (non-hydrogen) atoms. The molecule has 0 aromatic rings. The Balaban J connectivity index is 1.46. The highest BCUT2D eigenvalue weighted by atomic mass is 32.2. The first-order chi connectivity index (χ1) is 10.6. The second-order valence-electron chi connectivity index (χ2n) is 5.24. The van der Waals surface area contributed by atoms with Crippen LogP contribution in [-0.4, -0.2) is 43.7 Å². The maximum atomic E-state index is 11.4. The van der Waals surface area contributed by atoms with Crippen LogP contribution in [0.3, 0.4) is 0 Å². The van der Waals surface area contributed by atoms with E-state index < -0.39 is 0 Å². The van der Waals surface area contributed by atoms with Crippen molar-refractivity contribution in [3.63, 3.8) is 0 Å². The first kappa shape index (κ1) is 17.3. The summed E-state index contributed by atoms with van der Waals surface area (Å²) in [5.41, 5.74) is 0. The highest BCUT2D eigenvalue weighted by molar-refractivity contribution is 7.98. The van der Waals surface area contributed by atoms with Gasteiger partial charge in [0.05, 0.1) is 0 Å². The molecule has 2 rings (SSSR count). The average molecular weight is 344 g/mol. The van der Waals surface area contributed by atoms with Gasteiger partial charge in [0.25, 0.3) is 0 Å². The van der Waals surface area contributed by atoms with Gasteiger partial charge in [-0.05, 0) is 36.7 Å². The Labute approximate surface area is 138 Å². The molecular formula is C14H20N2O4S2. The van der Waals surface area contributed by atoms with E-state index >= 15 is 0 Å². The molecule has 122 valence electrons. The third kappa shape index (κ3) is 4.74. The van der Waals surface area contributed by atoms with Crippen LogP contribution in [0, 0.1) is 0 Å². The maximum Gasteiger partial charge on any atom is 0.239 e. The Morgan fingerprint density at radius 1 is 0.591 bits per heavy atom. The maximum absolute atomic E-state index is 11.4. The Kier molecular flexibility index (Phi) is 6.75. The first-order valence-corrected chi connectivity index (χ1v) is 9.45. The SMILES string of the molecule is O=C1CCC(=O)N1SCCCCCCSN1C(=O)CCC1=O. The zero-order valence-electron chi connectivity index (χ0n) is 12.4. The standard InChI is InChI=1S/C14H20N2O4S2/c17-11-5-6-12(18)15(11)21-9-3-1-2-4-10-22-16-13(19)7-8-14(16)20/h1-10H2. The fourth-order valence-corrected chi connectivity index (χ4v) is 4.24. The van der Waals surface area contributed by atoms with Gasteiger partial charge in [0.2, 0.25) is 23.6 Å². The molecule has 0 spiro atoms. The fourth-order valence-electron chi connectivity index (χ4n) is 2.27. The van der Waals surface area contributed by atoms with Crippen molar-refractivity contribution in [1.29, 1.82) is 0 Å². The predicted octanol–water partition coefficient (Wildman–Crippen LogP) is 2.14. The molecule has 8 heteroatoms. The van der Waals surface area contributed by atoms with Crippen LogP contribution in [-0.2, 0) is 19.2 Å². The summed E-state index contributed by atoms with van der Waals surface area (Å²) in [7, 11) is 0. The van der Waals surface area contributed by atoms with Gasteiger partial charge < -0.3 is 0 Å². The number of carbonyl (C=O) groups is 4. The van der Waals surface area contributed by atoms with E-state index in [1.54, 1.807) is 0 Å². The number of nitrogens with zero attached hydrogens (tertiary/aromatic N) is 2. The molecule has 2 aliphatic heterocycles. The van der Waals surface area contributed by atoms with Crippen molar-refractivity contribution in [2.24, 2.45) is 0 Å². The number of rotatable bonds is 9. The minimum atomic E-state index is -0.0775. The summed E-state index contributed by atoms with van der Waals surface area (Å²) in [4.78, 5) is 45.6. The fraction of sp³-hybridized carbons (Fsp3) is 0.714. The second-order valence-corrected chi connectivity index (χ2v) is 7.31. The van der Waals surface area contributed by atoms with Crippen LogP contribution in [0.2, 0.25) is 0 Å². The lowest BCUT2D eigenvalue weighted by Gasteiger charge is -2.12. The predicted molar refractivity (Wildman–Crippen MR) is 85.6 cm³/mol. The molecule has 0 N–H and O–H groups in total. The van der Waals surface area contributed by atoms with Gasteiger partial charge in [-0.1, -0.05) is 12.8 Å². The van der Waals surface area contributed by atoms with E-state index in [0.29, 0.717) is 25.7 Å². The van der Waals surface area contributed by atoms with Gasteiger partial charge >= 0.3 is 0 Å². The number of amides is 4. The molecule has 0 saturated carbocycles. The Hall–Kier alpha value is -1.02. The lowest BCUT2D eigenvalue weighted by molar-refractivity contribution is -0.133. The number of hydrogen-bond acceptors (Lipinski definition) is 6. The Morgan fingerprint density at radius 3 is 1.23 bits per heavy atom. The molecule has 0 unspecified atom stereocenters. The van der Waals surface area contributed by atoms with Gasteiger partial charge in [0.1, 0.15) is 0 Å². The second kappa shape index (κ2) is 8.57. The minimum Gasteiger partial charge on any atom is -0.273 e. The van der Waals surface area contributed by atoms with Crippen molar-refractivity contribution >= 4 is 47.5 Å². The van der Waals surface area contributed by atoms with Gasteiger partial charge in [-0.3, -0.25) is 19.2 Å². The van der Waals surface area contributed by atoms with Crippen molar-refractivity contribution in [3.05, 3.63) is 0 Å². The van der Waals surface area contributed by atoms with Crippen molar-refractivity contribution in [2.45, 2.75) is 51.4 Å². The summed E-state index contributed by atoms with van der Waals surface area (Å²) in [5.74, 6) is 1.23. The van der Waals surface area contributed by atoms with Crippen LogP contribution in [0.4, 0.5) is 0 Å². The van der Waals surface area contributed by atoms with E-state index in [4.69, 9.17) is 0 Å². The van der Waals surface area contributed by atoms with Crippen LogP contribution < -0.4 is 0 Å². The number of carbonyl (C=O) groups excluding carboxylic acids is 4. The number of hydrogen-bond donors (Lipinski definition) is 0. The molecule has 0 radical (unpaired) electrons. The first-order valence-electron chi connectivity index (χ1n) is 7.57. The van der Waals surface area contributed by atoms with Gasteiger partial charge in [-0.15, -0.1) is 0 Å². The van der Waals surface area contributed by atoms with E-state index in [2.05, 4.69) is 0 Å². The average Bonchev–Trinajstić information content (AvgIpc) is 2.98. The molecular weight excluding hydrogens is 324 g/mol. The monoisotopic (exact) mass is 344 g/mol. The summed E-state index contributed by atoms with van der Waals surface area (Å²) in [6, 6.07) is 0. The molecule has 2 saturated heterocycles. The largest absolute Gasteiger partial charge is 0.273 e. The zero-order chi connectivity index (χ0) is 15.9. The van der Waals surface area contributed by atoms with Gasteiger partial charge in [-0.25, -0.2) is 8.61 Å². The topological polar surface area (TPSA) is 74.8 Å². The molecule has 4 amide bonds. The summed E-state index contributed by atoms with van der Waals surface area (Å²) in [5, 5.41) is 0. The van der Waals surface area contributed by atoms with Gasteiger partial charge in [0.15, 0.2) is 0 Å². The van der Waals surface area contributed by atoms with Crippen LogP contribution >= 0.6 is 23.9 Å². The highest BCUT2D eigenvalue weighted by Crippen LogP contribution is 2.24. The quantitative estimate of drug-likeness (QED) is 0.362. The van der Waals surface area contributed by atoms with Crippen molar-refractivity contribution in [2.75, 3.05) is 11.5 Å². The smallest absolute Gasteiger partial charge is 0.239 e. The third-order valence-electron chi connectivity index (χ3n) is 3.49. The van der Waals surface area contributed by atoms with E-state index in [9.17, 15) is 19.2 Å². The molecule has 6 nitrogen and oxygen atoms in total. The molecule has 2 fully saturated rings.